The van der Waals surface area contributed by atoms with E-state index in [0.717, 1.165) is 54.9 Å². The molecule has 10 heteroatoms. The lowest BCUT2D eigenvalue weighted by Crippen LogP contribution is -2.49. The SMILES string of the molecule is COc1ccc(NS(C)(=O)=O)c(OC[C@@H](O)CN2CCC3(CC2)Cc2cc(Cl)ccc2O3)c1. The van der Waals surface area contributed by atoms with E-state index in [1.165, 1.54) is 7.11 Å². The zero-order valence-electron chi connectivity index (χ0n) is 18.7. The Hall–Kier alpha value is -2.20. The maximum Gasteiger partial charge on any atom is 0.229 e. The highest BCUT2D eigenvalue weighted by molar-refractivity contribution is 7.92. The van der Waals surface area contributed by atoms with Crippen molar-refractivity contribution in [2.45, 2.75) is 31.0 Å². The highest BCUT2D eigenvalue weighted by Gasteiger charge is 2.42. The molecule has 0 bridgehead atoms. The summed E-state index contributed by atoms with van der Waals surface area (Å²) in [6, 6.07) is 10.6. The third-order valence-corrected chi connectivity index (χ3v) is 6.84. The zero-order chi connectivity index (χ0) is 23.6. The number of methoxy groups -OCH3 is 1. The van der Waals surface area contributed by atoms with Crippen LogP contribution < -0.4 is 18.9 Å². The van der Waals surface area contributed by atoms with Crippen LogP contribution in [0.1, 0.15) is 18.4 Å². The van der Waals surface area contributed by atoms with Crippen molar-refractivity contribution in [1.82, 2.24) is 4.90 Å². The summed E-state index contributed by atoms with van der Waals surface area (Å²) < 4.78 is 42.9. The first-order valence-electron chi connectivity index (χ1n) is 10.8. The van der Waals surface area contributed by atoms with Gasteiger partial charge in [-0.05, 0) is 35.9 Å². The van der Waals surface area contributed by atoms with Crippen molar-refractivity contribution in [2.75, 3.05) is 44.3 Å². The van der Waals surface area contributed by atoms with Gasteiger partial charge in [0.25, 0.3) is 0 Å². The summed E-state index contributed by atoms with van der Waals surface area (Å²) in [5.41, 5.74) is 1.25. The molecule has 0 aliphatic carbocycles. The van der Waals surface area contributed by atoms with Gasteiger partial charge in [-0.3, -0.25) is 4.72 Å². The molecule has 2 aliphatic rings. The van der Waals surface area contributed by atoms with Gasteiger partial charge in [0, 0.05) is 50.0 Å². The van der Waals surface area contributed by atoms with E-state index in [1.807, 2.05) is 18.2 Å². The first-order valence-corrected chi connectivity index (χ1v) is 13.1. The van der Waals surface area contributed by atoms with Crippen molar-refractivity contribution in [3.8, 4) is 17.2 Å². The number of sulfonamides is 1. The number of nitrogens with zero attached hydrogens (tertiary/aromatic N) is 1. The largest absolute Gasteiger partial charge is 0.497 e. The monoisotopic (exact) mass is 496 g/mol. The van der Waals surface area contributed by atoms with Gasteiger partial charge in [-0.15, -0.1) is 0 Å². The summed E-state index contributed by atoms with van der Waals surface area (Å²) in [5, 5.41) is 11.3. The number of ether oxygens (including phenoxy) is 3. The van der Waals surface area contributed by atoms with Crippen molar-refractivity contribution in [2.24, 2.45) is 0 Å². The summed E-state index contributed by atoms with van der Waals surface area (Å²) in [4.78, 5) is 2.19. The average Bonchev–Trinajstić information content (AvgIpc) is 3.10. The van der Waals surface area contributed by atoms with Crippen molar-refractivity contribution < 1.29 is 27.7 Å². The van der Waals surface area contributed by atoms with Gasteiger partial charge in [0.2, 0.25) is 10.0 Å². The van der Waals surface area contributed by atoms with Gasteiger partial charge in [0.15, 0.2) is 0 Å². The van der Waals surface area contributed by atoms with Crippen molar-refractivity contribution >= 4 is 27.3 Å². The van der Waals surface area contributed by atoms with Gasteiger partial charge in [-0.1, -0.05) is 11.6 Å². The molecule has 33 heavy (non-hydrogen) atoms. The van der Waals surface area contributed by atoms with Crippen molar-refractivity contribution in [3.63, 3.8) is 0 Å². The number of anilines is 1. The summed E-state index contributed by atoms with van der Waals surface area (Å²) in [6.07, 6.45) is 2.92. The van der Waals surface area contributed by atoms with E-state index >= 15 is 0 Å². The summed E-state index contributed by atoms with van der Waals surface area (Å²) in [6.45, 7) is 2.08. The number of β-amino-alcohol motifs (C(OH)–C–C–N with tert-alkyl or cyclic N) is 1. The molecule has 1 fully saturated rings. The van der Waals surface area contributed by atoms with Crippen LogP contribution in [0.2, 0.25) is 5.02 Å². The van der Waals surface area contributed by atoms with Crippen molar-refractivity contribution in [1.29, 1.82) is 0 Å². The van der Waals surface area contributed by atoms with E-state index in [0.29, 0.717) is 23.7 Å². The molecular weight excluding hydrogens is 468 g/mol. The van der Waals surface area contributed by atoms with Crippen LogP contribution in [0.3, 0.4) is 0 Å². The quantitative estimate of drug-likeness (QED) is 0.580. The molecule has 2 N–H and O–H groups in total. The number of hydrogen-bond acceptors (Lipinski definition) is 7. The van der Waals surface area contributed by atoms with Crippen LogP contribution in [0.15, 0.2) is 36.4 Å². The third kappa shape index (κ3) is 6.03. The molecule has 180 valence electrons. The second-order valence-corrected chi connectivity index (χ2v) is 10.9. The molecule has 0 radical (unpaired) electrons. The number of nitrogens with one attached hydrogen (secondary N) is 1. The van der Waals surface area contributed by atoms with Crippen LogP contribution >= 0.6 is 11.6 Å². The molecule has 2 aromatic carbocycles. The standard InChI is InChI=1S/C23H29ClN2O6S/c1-30-19-4-5-20(25-33(2,28)29)22(12-19)31-15-18(27)14-26-9-7-23(8-10-26)13-16-11-17(24)3-6-21(16)32-23/h3-6,11-12,18,25,27H,7-10,13-15H2,1-2H3/t18-/m0/s1. The minimum atomic E-state index is -3.47. The van der Waals surface area contributed by atoms with Gasteiger partial charge >= 0.3 is 0 Å². The van der Waals surface area contributed by atoms with Crippen LogP contribution in [0.5, 0.6) is 17.2 Å². The Kier molecular flexibility index (Phi) is 6.95. The number of likely N-dealkylation sites (tertiary alicyclic amines) is 1. The number of halogens is 1. The predicted octanol–water partition coefficient (Wildman–Crippen LogP) is 2.93. The molecule has 8 nitrogen and oxygen atoms in total. The average molecular weight is 497 g/mol. The smallest absolute Gasteiger partial charge is 0.229 e. The first kappa shape index (κ1) is 23.9. The Labute approximate surface area is 199 Å². The normalized spacial score (nSPS) is 18.4. The lowest BCUT2D eigenvalue weighted by molar-refractivity contribution is -0.00192. The van der Waals surface area contributed by atoms with Gasteiger partial charge in [-0.25, -0.2) is 8.42 Å². The maximum absolute atomic E-state index is 11.6. The number of rotatable bonds is 8. The second kappa shape index (κ2) is 9.58. The lowest BCUT2D eigenvalue weighted by Gasteiger charge is -2.39. The molecule has 0 unspecified atom stereocenters. The van der Waals surface area contributed by atoms with Crippen LogP contribution in [0.4, 0.5) is 5.69 Å². The molecule has 1 spiro atoms. The summed E-state index contributed by atoms with van der Waals surface area (Å²) in [5.74, 6) is 1.74. The fourth-order valence-corrected chi connectivity index (χ4v) is 5.16. The first-order chi connectivity index (χ1) is 15.6. The molecule has 2 heterocycles. The number of benzene rings is 2. The molecule has 0 amide bonds. The van der Waals surface area contributed by atoms with Crippen LogP contribution in [-0.2, 0) is 16.4 Å². The molecular formula is C23H29ClN2O6S. The molecule has 0 saturated carbocycles. The van der Waals surface area contributed by atoms with Gasteiger partial charge in [0.05, 0.1) is 19.1 Å². The number of piperidine rings is 1. The van der Waals surface area contributed by atoms with Gasteiger partial charge in [0.1, 0.15) is 35.6 Å². The molecule has 0 aromatic heterocycles. The predicted molar refractivity (Wildman–Crippen MR) is 127 cm³/mol. The molecule has 1 atom stereocenters. The van der Waals surface area contributed by atoms with Crippen LogP contribution in [-0.4, -0.2) is 69.7 Å². The minimum Gasteiger partial charge on any atom is -0.497 e. The number of aliphatic hydroxyl groups excluding tert-OH is 1. The fourth-order valence-electron chi connectivity index (χ4n) is 4.39. The van der Waals surface area contributed by atoms with E-state index in [1.54, 1.807) is 18.2 Å². The molecule has 2 aliphatic heterocycles. The minimum absolute atomic E-state index is 0.0215. The van der Waals surface area contributed by atoms with E-state index in [4.69, 9.17) is 25.8 Å². The topological polar surface area (TPSA) is 97.3 Å². The highest BCUT2D eigenvalue weighted by Crippen LogP contribution is 2.42. The Morgan fingerprint density at radius 3 is 2.70 bits per heavy atom. The molecule has 1 saturated heterocycles. The lowest BCUT2D eigenvalue weighted by atomic mass is 9.87. The summed E-state index contributed by atoms with van der Waals surface area (Å²) in [7, 11) is -1.96. The highest BCUT2D eigenvalue weighted by atomic mass is 35.5. The van der Waals surface area contributed by atoms with Crippen molar-refractivity contribution in [3.05, 3.63) is 47.0 Å². The Balaban J connectivity index is 1.30. The molecule has 4 rings (SSSR count). The fraction of sp³-hybridized carbons (Fsp3) is 0.478. The van der Waals surface area contributed by atoms with E-state index in [9.17, 15) is 13.5 Å². The van der Waals surface area contributed by atoms with Gasteiger partial charge in [-0.2, -0.15) is 0 Å². The number of hydrogen-bond donors (Lipinski definition) is 2. The molecule has 2 aromatic rings. The second-order valence-electron chi connectivity index (χ2n) is 8.72. The Morgan fingerprint density at radius 1 is 1.24 bits per heavy atom. The van der Waals surface area contributed by atoms with E-state index in [2.05, 4.69) is 9.62 Å². The maximum atomic E-state index is 11.6. The van der Waals surface area contributed by atoms with Gasteiger partial charge < -0.3 is 24.2 Å². The summed E-state index contributed by atoms with van der Waals surface area (Å²) >= 11 is 6.12. The number of aliphatic hydroxyl groups is 1. The third-order valence-electron chi connectivity index (χ3n) is 6.01. The van der Waals surface area contributed by atoms with E-state index < -0.39 is 16.1 Å². The Bertz CT molecular complexity index is 1100. The van der Waals surface area contributed by atoms with Crippen LogP contribution in [0, 0.1) is 0 Å². The number of fused-ring (bicyclic) bond motifs is 1. The Morgan fingerprint density at radius 2 is 2.00 bits per heavy atom. The van der Waals surface area contributed by atoms with E-state index in [-0.39, 0.29) is 12.2 Å². The zero-order valence-corrected chi connectivity index (χ0v) is 20.3. The van der Waals surface area contributed by atoms with Crippen LogP contribution in [0.25, 0.3) is 0 Å².